The minimum absolute atomic E-state index is 0.272. The van der Waals surface area contributed by atoms with Gasteiger partial charge in [0, 0.05) is 0 Å². The lowest BCUT2D eigenvalue weighted by atomic mass is 10.0. The molecule has 0 fully saturated rings. The number of hydrogen-bond acceptors (Lipinski definition) is 1. The average molecular weight is 184 g/mol. The molecule has 76 valence electrons. The molecule has 0 aliphatic carbocycles. The van der Waals surface area contributed by atoms with Gasteiger partial charge in [0.05, 0.1) is 5.92 Å². The summed E-state index contributed by atoms with van der Waals surface area (Å²) in [6.07, 6.45) is 8.73. The van der Waals surface area contributed by atoms with E-state index in [2.05, 4.69) is 6.92 Å². The predicted octanol–water partition coefficient (Wildman–Crippen LogP) is 3.23. The number of hydrogen-bond donors (Lipinski definition) is 1. The number of carboxylic acid groups (broad SMARTS) is 1. The standard InChI is InChI=1S/C11H20O2/c1-3-5-7-9-10(11(12)13)8-6-4-2/h6,8,10H,3-5,7,9H2,1-2H3,(H,12,13). The number of unbranched alkanes of at least 4 members (excludes halogenated alkanes) is 2. The Kier molecular flexibility index (Phi) is 7.36. The highest BCUT2D eigenvalue weighted by Gasteiger charge is 2.12. The average Bonchev–Trinajstić information content (AvgIpc) is 2.10. The molecule has 2 heteroatoms. The first kappa shape index (κ1) is 12.2. The van der Waals surface area contributed by atoms with Gasteiger partial charge in [0.2, 0.25) is 0 Å². The van der Waals surface area contributed by atoms with Crippen LogP contribution in [0.1, 0.15) is 46.0 Å². The van der Waals surface area contributed by atoms with Crippen molar-refractivity contribution in [3.8, 4) is 0 Å². The summed E-state index contributed by atoms with van der Waals surface area (Å²) in [5.74, 6) is -0.965. The Labute approximate surface area is 80.7 Å². The zero-order chi connectivity index (χ0) is 10.1. The van der Waals surface area contributed by atoms with Crippen molar-refractivity contribution in [2.24, 2.45) is 5.92 Å². The van der Waals surface area contributed by atoms with Crippen molar-refractivity contribution < 1.29 is 9.90 Å². The van der Waals surface area contributed by atoms with Crippen LogP contribution in [0.4, 0.5) is 0 Å². The normalized spacial score (nSPS) is 13.4. The summed E-state index contributed by atoms with van der Waals surface area (Å²) >= 11 is 0. The van der Waals surface area contributed by atoms with Gasteiger partial charge in [-0.15, -0.1) is 0 Å². The molecule has 0 amide bonds. The Hall–Kier alpha value is -0.790. The van der Waals surface area contributed by atoms with Crippen molar-refractivity contribution in [1.29, 1.82) is 0 Å². The quantitative estimate of drug-likeness (QED) is 0.487. The molecule has 0 aliphatic rings. The molecule has 0 aliphatic heterocycles. The van der Waals surface area contributed by atoms with Crippen LogP contribution in [0.15, 0.2) is 12.2 Å². The van der Waals surface area contributed by atoms with Crippen molar-refractivity contribution in [3.05, 3.63) is 12.2 Å². The SMILES string of the molecule is CCC=CC(CCCCC)C(=O)O. The van der Waals surface area contributed by atoms with E-state index in [-0.39, 0.29) is 5.92 Å². The topological polar surface area (TPSA) is 37.3 Å². The van der Waals surface area contributed by atoms with Crippen molar-refractivity contribution in [2.75, 3.05) is 0 Å². The van der Waals surface area contributed by atoms with E-state index >= 15 is 0 Å². The molecule has 0 heterocycles. The first-order valence-electron chi connectivity index (χ1n) is 5.11. The van der Waals surface area contributed by atoms with Gasteiger partial charge in [-0.25, -0.2) is 0 Å². The third-order valence-electron chi connectivity index (χ3n) is 2.04. The van der Waals surface area contributed by atoms with E-state index in [0.29, 0.717) is 0 Å². The van der Waals surface area contributed by atoms with Crippen LogP contribution in [0.25, 0.3) is 0 Å². The smallest absolute Gasteiger partial charge is 0.310 e. The molecule has 0 spiro atoms. The fourth-order valence-electron chi connectivity index (χ4n) is 1.22. The molecule has 0 radical (unpaired) electrons. The van der Waals surface area contributed by atoms with E-state index in [1.807, 2.05) is 19.1 Å². The Morgan fingerprint density at radius 1 is 1.38 bits per heavy atom. The van der Waals surface area contributed by atoms with Crippen LogP contribution in [0.5, 0.6) is 0 Å². The van der Waals surface area contributed by atoms with Gasteiger partial charge in [0.25, 0.3) is 0 Å². The molecule has 0 aromatic rings. The van der Waals surface area contributed by atoms with Crippen LogP contribution >= 0.6 is 0 Å². The Morgan fingerprint density at radius 3 is 2.54 bits per heavy atom. The summed E-state index contributed by atoms with van der Waals surface area (Å²) in [6.45, 7) is 4.14. The molecular weight excluding hydrogens is 164 g/mol. The second-order valence-corrected chi connectivity index (χ2v) is 3.28. The second-order valence-electron chi connectivity index (χ2n) is 3.28. The molecule has 1 atom stereocenters. The Bertz CT molecular complexity index is 161. The van der Waals surface area contributed by atoms with Crippen molar-refractivity contribution in [2.45, 2.75) is 46.0 Å². The third kappa shape index (κ3) is 6.38. The van der Waals surface area contributed by atoms with Gasteiger partial charge >= 0.3 is 5.97 Å². The van der Waals surface area contributed by atoms with Gasteiger partial charge in [0.15, 0.2) is 0 Å². The number of carboxylic acids is 1. The summed E-state index contributed by atoms with van der Waals surface area (Å²) < 4.78 is 0. The van der Waals surface area contributed by atoms with Gasteiger partial charge in [-0.2, -0.15) is 0 Å². The minimum atomic E-state index is -0.694. The van der Waals surface area contributed by atoms with Crippen molar-refractivity contribution in [1.82, 2.24) is 0 Å². The van der Waals surface area contributed by atoms with Crippen LogP contribution in [-0.4, -0.2) is 11.1 Å². The molecule has 2 nitrogen and oxygen atoms in total. The highest BCUT2D eigenvalue weighted by atomic mass is 16.4. The third-order valence-corrected chi connectivity index (χ3v) is 2.04. The number of carbonyl (C=O) groups is 1. The van der Waals surface area contributed by atoms with Crippen LogP contribution in [-0.2, 0) is 4.79 Å². The van der Waals surface area contributed by atoms with E-state index in [9.17, 15) is 4.79 Å². The minimum Gasteiger partial charge on any atom is -0.481 e. The van der Waals surface area contributed by atoms with Crippen LogP contribution in [0, 0.1) is 5.92 Å². The van der Waals surface area contributed by atoms with E-state index < -0.39 is 5.97 Å². The molecule has 1 N–H and O–H groups in total. The van der Waals surface area contributed by atoms with E-state index in [4.69, 9.17) is 5.11 Å². The van der Waals surface area contributed by atoms with Gasteiger partial charge in [-0.1, -0.05) is 45.3 Å². The van der Waals surface area contributed by atoms with Gasteiger partial charge in [-0.3, -0.25) is 4.79 Å². The first-order valence-corrected chi connectivity index (χ1v) is 5.11. The summed E-state index contributed by atoms with van der Waals surface area (Å²) in [4.78, 5) is 10.7. The van der Waals surface area contributed by atoms with E-state index in [1.54, 1.807) is 0 Å². The van der Waals surface area contributed by atoms with Crippen molar-refractivity contribution in [3.63, 3.8) is 0 Å². The lowest BCUT2D eigenvalue weighted by molar-refractivity contribution is -0.140. The zero-order valence-electron chi connectivity index (χ0n) is 8.62. The molecular formula is C11H20O2. The monoisotopic (exact) mass is 184 g/mol. The van der Waals surface area contributed by atoms with E-state index in [1.165, 1.54) is 0 Å². The summed E-state index contributed by atoms with van der Waals surface area (Å²) in [6, 6.07) is 0. The summed E-state index contributed by atoms with van der Waals surface area (Å²) in [5, 5.41) is 8.85. The maximum Gasteiger partial charge on any atom is 0.310 e. The first-order chi connectivity index (χ1) is 6.22. The van der Waals surface area contributed by atoms with Gasteiger partial charge < -0.3 is 5.11 Å². The Morgan fingerprint density at radius 2 is 2.08 bits per heavy atom. The highest BCUT2D eigenvalue weighted by molar-refractivity contribution is 5.72. The van der Waals surface area contributed by atoms with Crippen molar-refractivity contribution >= 4 is 5.97 Å². The van der Waals surface area contributed by atoms with Crippen LogP contribution in [0.2, 0.25) is 0 Å². The molecule has 0 rings (SSSR count). The highest BCUT2D eigenvalue weighted by Crippen LogP contribution is 2.12. The molecule has 0 aromatic heterocycles. The molecule has 13 heavy (non-hydrogen) atoms. The predicted molar refractivity (Wildman–Crippen MR) is 54.7 cm³/mol. The Balaban J connectivity index is 3.81. The number of allylic oxidation sites excluding steroid dienone is 1. The summed E-state index contributed by atoms with van der Waals surface area (Å²) in [5.41, 5.74) is 0. The van der Waals surface area contributed by atoms with E-state index in [0.717, 1.165) is 32.1 Å². The number of rotatable bonds is 7. The van der Waals surface area contributed by atoms with Gasteiger partial charge in [-0.05, 0) is 12.8 Å². The molecule has 0 bridgehead atoms. The maximum atomic E-state index is 10.7. The second kappa shape index (κ2) is 7.84. The molecule has 0 saturated carbocycles. The molecule has 0 saturated heterocycles. The maximum absolute atomic E-state index is 10.7. The summed E-state index contributed by atoms with van der Waals surface area (Å²) in [7, 11) is 0. The lowest BCUT2D eigenvalue weighted by Crippen LogP contribution is -2.10. The fraction of sp³-hybridized carbons (Fsp3) is 0.727. The molecule has 1 unspecified atom stereocenters. The van der Waals surface area contributed by atoms with Crippen LogP contribution < -0.4 is 0 Å². The lowest BCUT2D eigenvalue weighted by Gasteiger charge is -2.05. The van der Waals surface area contributed by atoms with Crippen LogP contribution in [0.3, 0.4) is 0 Å². The number of aliphatic carboxylic acids is 1. The van der Waals surface area contributed by atoms with Gasteiger partial charge in [0.1, 0.15) is 0 Å². The largest absolute Gasteiger partial charge is 0.481 e. The molecule has 0 aromatic carbocycles. The fourth-order valence-corrected chi connectivity index (χ4v) is 1.22. The zero-order valence-corrected chi connectivity index (χ0v) is 8.62.